The highest BCUT2D eigenvalue weighted by molar-refractivity contribution is 7.80. The van der Waals surface area contributed by atoms with Crippen molar-refractivity contribution in [1.29, 1.82) is 0 Å². The van der Waals surface area contributed by atoms with Crippen LogP contribution in [0, 0.1) is 6.92 Å². The molecule has 0 fully saturated rings. The van der Waals surface area contributed by atoms with Crippen molar-refractivity contribution in [3.63, 3.8) is 0 Å². The van der Waals surface area contributed by atoms with Crippen molar-refractivity contribution in [2.24, 2.45) is 0 Å². The number of ether oxygens (including phenoxy) is 1. The summed E-state index contributed by atoms with van der Waals surface area (Å²) in [5.74, 6) is 0.833. The third-order valence-corrected chi connectivity index (χ3v) is 3.64. The molecule has 110 valence electrons. The van der Waals surface area contributed by atoms with Crippen molar-refractivity contribution < 1.29 is 4.74 Å². The normalized spacial score (nSPS) is 10.0. The Labute approximate surface area is 131 Å². The fourth-order valence-corrected chi connectivity index (χ4v) is 2.11. The number of thiocarbonyl (C=S) groups is 1. The summed E-state index contributed by atoms with van der Waals surface area (Å²) in [5, 5.41) is 3.92. The molecule has 0 saturated carbocycles. The molecule has 0 aliphatic rings. The van der Waals surface area contributed by atoms with Crippen molar-refractivity contribution in [3.8, 4) is 5.75 Å². The molecule has 2 rings (SSSR count). The van der Waals surface area contributed by atoms with E-state index in [2.05, 4.69) is 36.5 Å². The Balaban J connectivity index is 1.93. The van der Waals surface area contributed by atoms with Crippen molar-refractivity contribution >= 4 is 23.0 Å². The van der Waals surface area contributed by atoms with Gasteiger partial charge in [-0.3, -0.25) is 0 Å². The van der Waals surface area contributed by atoms with Gasteiger partial charge in [0, 0.05) is 19.3 Å². The molecule has 0 spiro atoms. The van der Waals surface area contributed by atoms with Gasteiger partial charge in [-0.2, -0.15) is 0 Å². The summed E-state index contributed by atoms with van der Waals surface area (Å²) in [6, 6.07) is 16.2. The molecule has 0 radical (unpaired) electrons. The number of aryl methyl sites for hydroxylation is 1. The minimum absolute atomic E-state index is 0.695. The molecule has 0 aromatic heterocycles. The van der Waals surface area contributed by atoms with Gasteiger partial charge in [0.1, 0.15) is 5.75 Å². The summed E-state index contributed by atoms with van der Waals surface area (Å²) < 4.78 is 5.14. The first kappa shape index (κ1) is 15.3. The number of nitrogens with one attached hydrogen (secondary N) is 1. The van der Waals surface area contributed by atoms with Crippen LogP contribution in [0.5, 0.6) is 5.75 Å². The number of hydrogen-bond donors (Lipinski definition) is 1. The molecule has 0 heterocycles. The Morgan fingerprint density at radius 2 is 1.71 bits per heavy atom. The average molecular weight is 300 g/mol. The molecule has 0 bridgehead atoms. The summed E-state index contributed by atoms with van der Waals surface area (Å²) in [5.41, 5.74) is 3.46. The SMILES string of the molecule is COc1ccc(NC(=S)N(C)Cc2ccc(C)cc2)cc1. The molecule has 2 aromatic carbocycles. The summed E-state index contributed by atoms with van der Waals surface area (Å²) in [7, 11) is 3.64. The van der Waals surface area contributed by atoms with Crippen LogP contribution >= 0.6 is 12.2 Å². The van der Waals surface area contributed by atoms with E-state index in [0.717, 1.165) is 18.0 Å². The van der Waals surface area contributed by atoms with Gasteiger partial charge >= 0.3 is 0 Å². The maximum absolute atomic E-state index is 5.43. The highest BCUT2D eigenvalue weighted by atomic mass is 32.1. The predicted octanol–water partition coefficient (Wildman–Crippen LogP) is 3.83. The first-order chi connectivity index (χ1) is 10.1. The van der Waals surface area contributed by atoms with Crippen LogP contribution in [0.1, 0.15) is 11.1 Å². The van der Waals surface area contributed by atoms with E-state index in [9.17, 15) is 0 Å². The largest absolute Gasteiger partial charge is 0.497 e. The second kappa shape index (κ2) is 7.09. The fourth-order valence-electron chi connectivity index (χ4n) is 1.93. The molecule has 0 amide bonds. The molecule has 21 heavy (non-hydrogen) atoms. The minimum atomic E-state index is 0.695. The van der Waals surface area contributed by atoms with Crippen LogP contribution in [0.4, 0.5) is 5.69 Å². The Morgan fingerprint density at radius 1 is 1.10 bits per heavy atom. The van der Waals surface area contributed by atoms with Crippen LogP contribution in [0.25, 0.3) is 0 Å². The van der Waals surface area contributed by atoms with Gasteiger partial charge in [0.15, 0.2) is 5.11 Å². The lowest BCUT2D eigenvalue weighted by atomic mass is 10.1. The third kappa shape index (κ3) is 4.46. The molecule has 0 aliphatic carbocycles. The van der Waals surface area contributed by atoms with Gasteiger partial charge in [-0.15, -0.1) is 0 Å². The quantitative estimate of drug-likeness (QED) is 0.867. The first-order valence-corrected chi connectivity index (χ1v) is 7.21. The highest BCUT2D eigenvalue weighted by Crippen LogP contribution is 2.15. The Morgan fingerprint density at radius 3 is 2.29 bits per heavy atom. The van der Waals surface area contributed by atoms with E-state index in [1.807, 2.05) is 36.2 Å². The van der Waals surface area contributed by atoms with Crippen molar-refractivity contribution in [3.05, 3.63) is 59.7 Å². The van der Waals surface area contributed by atoms with Crippen LogP contribution in [-0.2, 0) is 6.54 Å². The van der Waals surface area contributed by atoms with Gasteiger partial charge in [-0.25, -0.2) is 0 Å². The average Bonchev–Trinajstić information content (AvgIpc) is 2.50. The second-order valence-corrected chi connectivity index (χ2v) is 5.39. The van der Waals surface area contributed by atoms with E-state index < -0.39 is 0 Å². The van der Waals surface area contributed by atoms with E-state index in [1.165, 1.54) is 11.1 Å². The smallest absolute Gasteiger partial charge is 0.173 e. The zero-order valence-corrected chi connectivity index (χ0v) is 13.4. The lowest BCUT2D eigenvalue weighted by Crippen LogP contribution is -2.30. The third-order valence-electron chi connectivity index (χ3n) is 3.23. The lowest BCUT2D eigenvalue weighted by Gasteiger charge is -2.21. The Bertz CT molecular complexity index is 593. The van der Waals surface area contributed by atoms with Gasteiger partial charge in [0.2, 0.25) is 0 Å². The standard InChI is InChI=1S/C17H20N2OS/c1-13-4-6-14(7-5-13)12-19(2)17(21)18-15-8-10-16(20-3)11-9-15/h4-11H,12H2,1-3H3,(H,18,21). The molecule has 2 aromatic rings. The van der Waals surface area contributed by atoms with E-state index in [0.29, 0.717) is 5.11 Å². The monoisotopic (exact) mass is 300 g/mol. The molecule has 0 aliphatic heterocycles. The molecule has 3 nitrogen and oxygen atoms in total. The first-order valence-electron chi connectivity index (χ1n) is 6.80. The second-order valence-electron chi connectivity index (χ2n) is 5.00. The maximum atomic E-state index is 5.43. The van der Waals surface area contributed by atoms with Gasteiger partial charge in [-0.1, -0.05) is 29.8 Å². The summed E-state index contributed by atoms with van der Waals surface area (Å²) in [6.45, 7) is 2.87. The molecule has 1 N–H and O–H groups in total. The molecule has 4 heteroatoms. The molecule has 0 atom stereocenters. The van der Waals surface area contributed by atoms with Crippen molar-refractivity contribution in [1.82, 2.24) is 4.90 Å². The predicted molar refractivity (Wildman–Crippen MR) is 91.9 cm³/mol. The fraction of sp³-hybridized carbons (Fsp3) is 0.235. The van der Waals surface area contributed by atoms with E-state index in [1.54, 1.807) is 7.11 Å². The number of methoxy groups -OCH3 is 1. The van der Waals surface area contributed by atoms with Crippen LogP contribution in [0.2, 0.25) is 0 Å². The van der Waals surface area contributed by atoms with Gasteiger partial charge < -0.3 is 15.0 Å². The van der Waals surface area contributed by atoms with Crippen LogP contribution in [0.15, 0.2) is 48.5 Å². The van der Waals surface area contributed by atoms with Crippen LogP contribution in [0.3, 0.4) is 0 Å². The van der Waals surface area contributed by atoms with E-state index in [4.69, 9.17) is 17.0 Å². The van der Waals surface area contributed by atoms with E-state index >= 15 is 0 Å². The summed E-state index contributed by atoms with van der Waals surface area (Å²) in [4.78, 5) is 2.02. The number of nitrogens with zero attached hydrogens (tertiary/aromatic N) is 1. The lowest BCUT2D eigenvalue weighted by molar-refractivity contribution is 0.415. The summed E-state index contributed by atoms with van der Waals surface area (Å²) >= 11 is 5.43. The minimum Gasteiger partial charge on any atom is -0.497 e. The number of hydrogen-bond acceptors (Lipinski definition) is 2. The van der Waals surface area contributed by atoms with Gasteiger partial charge in [0.25, 0.3) is 0 Å². The zero-order chi connectivity index (χ0) is 15.2. The Hall–Kier alpha value is -2.07. The van der Waals surface area contributed by atoms with Gasteiger partial charge in [-0.05, 0) is 49.0 Å². The number of rotatable bonds is 4. The van der Waals surface area contributed by atoms with Crippen LogP contribution in [-0.4, -0.2) is 24.2 Å². The molecular formula is C17H20N2OS. The number of anilines is 1. The van der Waals surface area contributed by atoms with Gasteiger partial charge in [0.05, 0.1) is 7.11 Å². The Kier molecular flexibility index (Phi) is 5.17. The number of benzene rings is 2. The van der Waals surface area contributed by atoms with Crippen LogP contribution < -0.4 is 10.1 Å². The maximum Gasteiger partial charge on any atom is 0.173 e. The molecular weight excluding hydrogens is 280 g/mol. The highest BCUT2D eigenvalue weighted by Gasteiger charge is 2.05. The van der Waals surface area contributed by atoms with E-state index in [-0.39, 0.29) is 0 Å². The van der Waals surface area contributed by atoms with Crippen molar-refractivity contribution in [2.75, 3.05) is 19.5 Å². The van der Waals surface area contributed by atoms with Crippen molar-refractivity contribution in [2.45, 2.75) is 13.5 Å². The topological polar surface area (TPSA) is 24.5 Å². The molecule has 0 unspecified atom stereocenters. The zero-order valence-electron chi connectivity index (χ0n) is 12.6. The molecule has 0 saturated heterocycles. The summed E-state index contributed by atoms with van der Waals surface area (Å²) in [6.07, 6.45) is 0.